The molecule has 1 atom stereocenters. The Morgan fingerprint density at radius 1 is 1.09 bits per heavy atom. The molecule has 0 aliphatic heterocycles. The fourth-order valence-electron chi connectivity index (χ4n) is 1.15. The van der Waals surface area contributed by atoms with Crippen molar-refractivity contribution in [3.8, 4) is 0 Å². The van der Waals surface area contributed by atoms with Gasteiger partial charge in [0.25, 0.3) is 0 Å². The first-order valence-electron chi connectivity index (χ1n) is 4.18. The fraction of sp³-hybridized carbons (Fsp3) is 1.00. The minimum absolute atomic E-state index is 0.633. The number of hydrogen-bond donors (Lipinski definition) is 0. The van der Waals surface area contributed by atoms with E-state index in [9.17, 15) is 0 Å². The maximum Gasteiger partial charge on any atom is 0.161 e. The summed E-state index contributed by atoms with van der Waals surface area (Å²) in [4.78, 5) is 0. The van der Waals surface area contributed by atoms with Gasteiger partial charge in [-0.2, -0.15) is 0 Å². The van der Waals surface area contributed by atoms with Crippen molar-refractivity contribution in [2.24, 2.45) is 0 Å². The van der Waals surface area contributed by atoms with Gasteiger partial charge in [-0.25, -0.2) is 0 Å². The van der Waals surface area contributed by atoms with Gasteiger partial charge in [0.1, 0.15) is 0 Å². The molecule has 11 heavy (non-hydrogen) atoms. The van der Waals surface area contributed by atoms with Crippen LogP contribution >= 0.6 is 0 Å². The van der Waals surface area contributed by atoms with E-state index in [4.69, 9.17) is 0 Å². The molecule has 0 heterocycles. The average Bonchev–Trinajstić information content (AvgIpc) is 1.86. The largest absolute Gasteiger partial charge is 0.161 e. The molecule has 0 saturated heterocycles. The van der Waals surface area contributed by atoms with Crippen LogP contribution in [0.15, 0.2) is 0 Å². The first-order valence-corrected chi connectivity index (χ1v) is 8.50. The second-order valence-electron chi connectivity index (χ2n) is 3.44. The summed E-state index contributed by atoms with van der Waals surface area (Å²) < 4.78 is 0. The van der Waals surface area contributed by atoms with Gasteiger partial charge in [-0.05, 0) is 28.2 Å². The van der Waals surface area contributed by atoms with E-state index in [1.165, 1.54) is 18.6 Å². The van der Waals surface area contributed by atoms with Crippen molar-refractivity contribution in [3.63, 3.8) is 0 Å². The van der Waals surface area contributed by atoms with E-state index >= 15 is 0 Å². The highest BCUT2D eigenvalue weighted by molar-refractivity contribution is 7.99. The van der Waals surface area contributed by atoms with Gasteiger partial charge in [0.05, 0.1) is 25.0 Å². The highest BCUT2D eigenvalue weighted by atomic mass is 32.2. The fourth-order valence-corrected chi connectivity index (χ4v) is 4.67. The van der Waals surface area contributed by atoms with Crippen LogP contribution in [0.5, 0.6) is 0 Å². The molecule has 0 radical (unpaired) electrons. The lowest BCUT2D eigenvalue weighted by Gasteiger charge is -2.09. The Labute approximate surface area is 77.8 Å². The van der Waals surface area contributed by atoms with E-state index in [1.54, 1.807) is 0 Å². The van der Waals surface area contributed by atoms with E-state index in [-0.39, 0.29) is 0 Å². The summed E-state index contributed by atoms with van der Waals surface area (Å²) in [6, 6.07) is 0. The molecule has 0 rings (SSSR count). The molecule has 0 aliphatic rings. The van der Waals surface area contributed by atoms with Crippen LogP contribution in [0.25, 0.3) is 0 Å². The molecule has 0 fully saturated rings. The van der Waals surface area contributed by atoms with Gasteiger partial charge in [-0.15, -0.1) is 0 Å². The predicted molar refractivity (Wildman–Crippen MR) is 62.0 cm³/mol. The molecule has 0 aromatic heterocycles. The minimum atomic E-state index is 0.633. The van der Waals surface area contributed by atoms with Gasteiger partial charge in [0, 0.05) is 0 Å². The van der Waals surface area contributed by atoms with Gasteiger partial charge in [0.15, 0.2) is 11.0 Å². The lowest BCUT2D eigenvalue weighted by atomic mass is 10.3. The summed E-state index contributed by atoms with van der Waals surface area (Å²) in [6.07, 6.45) is 12.3. The molecule has 0 N–H and O–H groups in total. The average molecular weight is 194 g/mol. The molecule has 0 amide bonds. The predicted octanol–water partition coefficient (Wildman–Crippen LogP) is 1.91. The van der Waals surface area contributed by atoms with Crippen molar-refractivity contribution in [2.75, 3.05) is 30.8 Å². The summed E-state index contributed by atoms with van der Waals surface area (Å²) in [5, 5.41) is 0.998. The van der Waals surface area contributed by atoms with E-state index in [0.29, 0.717) is 21.8 Å². The minimum Gasteiger partial charge on any atom is -0.0652 e. The number of hydrogen-bond acceptors (Lipinski definition) is 0. The first kappa shape index (κ1) is 11.7. The van der Waals surface area contributed by atoms with Crippen molar-refractivity contribution in [3.05, 3.63) is 0 Å². The van der Waals surface area contributed by atoms with Gasteiger partial charge >= 0.3 is 0 Å². The summed E-state index contributed by atoms with van der Waals surface area (Å²) >= 11 is 0. The van der Waals surface area contributed by atoms with Crippen molar-refractivity contribution < 1.29 is 0 Å². The van der Waals surface area contributed by atoms with Gasteiger partial charge < -0.3 is 0 Å². The lowest BCUT2D eigenvalue weighted by Crippen LogP contribution is -2.27. The summed E-state index contributed by atoms with van der Waals surface area (Å²) in [5.74, 6) is 1.45. The third-order valence-corrected chi connectivity index (χ3v) is 4.81. The molecule has 0 aliphatic carbocycles. The maximum atomic E-state index is 2.38. The zero-order valence-corrected chi connectivity index (χ0v) is 10.1. The van der Waals surface area contributed by atoms with Crippen molar-refractivity contribution in [1.82, 2.24) is 0 Å². The first-order chi connectivity index (χ1) is 5.07. The molecule has 0 saturated carbocycles. The van der Waals surface area contributed by atoms with Crippen LogP contribution in [0.4, 0.5) is 0 Å². The topological polar surface area (TPSA) is 0 Å². The van der Waals surface area contributed by atoms with Crippen LogP contribution in [-0.4, -0.2) is 36.0 Å². The molecule has 0 nitrogen and oxygen atoms in total. The standard InChI is InChI=1S/C9H22S2/c1-6-7-9(11(4)5)8-10(2)3/h9H,6-8H2,1-5H3/q+2. The highest BCUT2D eigenvalue weighted by Crippen LogP contribution is 2.10. The van der Waals surface area contributed by atoms with Crippen LogP contribution in [-0.2, 0) is 21.8 Å². The molecular formula is C9H22S2+2. The zero-order chi connectivity index (χ0) is 8.85. The Morgan fingerprint density at radius 2 is 1.64 bits per heavy atom. The molecule has 1 unspecified atom stereocenters. The lowest BCUT2D eigenvalue weighted by molar-refractivity contribution is 0.789. The van der Waals surface area contributed by atoms with Crippen LogP contribution in [0.1, 0.15) is 19.8 Å². The Kier molecular flexibility index (Phi) is 6.64. The summed E-state index contributed by atoms with van der Waals surface area (Å²) in [5.41, 5.74) is 0. The Hall–Kier alpha value is 0.700. The highest BCUT2D eigenvalue weighted by Gasteiger charge is 2.25. The van der Waals surface area contributed by atoms with Crippen molar-refractivity contribution in [2.45, 2.75) is 25.0 Å². The SMILES string of the molecule is CCCC(C[S+](C)C)[S+](C)C. The zero-order valence-electron chi connectivity index (χ0n) is 8.52. The molecule has 0 spiro atoms. The Morgan fingerprint density at radius 3 is 1.91 bits per heavy atom. The Balaban J connectivity index is 3.69. The molecular weight excluding hydrogens is 172 g/mol. The van der Waals surface area contributed by atoms with Gasteiger partial charge in [-0.1, -0.05) is 13.3 Å². The van der Waals surface area contributed by atoms with E-state index in [2.05, 4.69) is 31.9 Å². The molecule has 0 bridgehead atoms. The number of rotatable bonds is 5. The van der Waals surface area contributed by atoms with E-state index < -0.39 is 0 Å². The normalized spacial score (nSPS) is 14.5. The van der Waals surface area contributed by atoms with Crippen LogP contribution in [0.3, 0.4) is 0 Å². The van der Waals surface area contributed by atoms with Crippen molar-refractivity contribution >= 4 is 21.8 Å². The summed E-state index contributed by atoms with van der Waals surface area (Å²) in [7, 11) is 1.27. The van der Waals surface area contributed by atoms with E-state index in [1.807, 2.05) is 0 Å². The molecule has 0 aromatic carbocycles. The third kappa shape index (κ3) is 5.92. The second-order valence-corrected chi connectivity index (χ2v) is 8.17. The maximum absolute atomic E-state index is 2.38. The quantitative estimate of drug-likeness (QED) is 0.587. The monoisotopic (exact) mass is 194 g/mol. The second kappa shape index (κ2) is 6.24. The van der Waals surface area contributed by atoms with Crippen LogP contribution in [0, 0.1) is 0 Å². The molecule has 2 heteroatoms. The van der Waals surface area contributed by atoms with Gasteiger partial charge in [-0.3, -0.25) is 0 Å². The van der Waals surface area contributed by atoms with Gasteiger partial charge in [0.2, 0.25) is 0 Å². The third-order valence-electron chi connectivity index (χ3n) is 1.80. The molecule has 68 valence electrons. The van der Waals surface area contributed by atoms with Crippen LogP contribution in [0.2, 0.25) is 0 Å². The summed E-state index contributed by atoms with van der Waals surface area (Å²) in [6.45, 7) is 2.29. The van der Waals surface area contributed by atoms with Crippen LogP contribution < -0.4 is 0 Å². The van der Waals surface area contributed by atoms with Crippen molar-refractivity contribution in [1.29, 1.82) is 0 Å². The smallest absolute Gasteiger partial charge is 0.0652 e. The van der Waals surface area contributed by atoms with E-state index in [0.717, 1.165) is 5.25 Å². The molecule has 0 aromatic rings. The Bertz CT molecular complexity index is 89.6.